The second kappa shape index (κ2) is 3.68. The SMILES string of the molecule is Oc1ccc(CC[AsH2])cc1. The molecular weight excluding hydrogens is 187 g/mol. The third-order valence-electron chi connectivity index (χ3n) is 1.37. The fourth-order valence-corrected chi connectivity index (χ4v) is 1.53. The topological polar surface area (TPSA) is 20.2 Å². The molecule has 0 bridgehead atoms. The van der Waals surface area contributed by atoms with Crippen LogP contribution in [0, 0.1) is 0 Å². The number of aromatic hydroxyl groups is 1. The van der Waals surface area contributed by atoms with Crippen molar-refractivity contribution in [2.45, 2.75) is 11.6 Å². The summed E-state index contributed by atoms with van der Waals surface area (Å²) in [4.78, 5) is 0. The summed E-state index contributed by atoms with van der Waals surface area (Å²) in [5.74, 6) is 0.352. The summed E-state index contributed by atoms with van der Waals surface area (Å²) < 4.78 is 0. The number of rotatable bonds is 2. The van der Waals surface area contributed by atoms with Gasteiger partial charge in [0, 0.05) is 0 Å². The van der Waals surface area contributed by atoms with E-state index in [-0.39, 0.29) is 0 Å². The molecular formula is C8H11AsO. The van der Waals surface area contributed by atoms with E-state index >= 15 is 0 Å². The minimum absolute atomic E-state index is 0.352. The van der Waals surface area contributed by atoms with Crippen LogP contribution in [-0.4, -0.2) is 22.0 Å². The van der Waals surface area contributed by atoms with E-state index in [1.807, 2.05) is 12.1 Å². The second-order valence-corrected chi connectivity index (χ2v) is 3.42. The van der Waals surface area contributed by atoms with Gasteiger partial charge in [-0.3, -0.25) is 0 Å². The van der Waals surface area contributed by atoms with Crippen LogP contribution in [0.2, 0.25) is 5.21 Å². The van der Waals surface area contributed by atoms with Gasteiger partial charge in [-0.25, -0.2) is 0 Å². The van der Waals surface area contributed by atoms with Gasteiger partial charge in [-0.1, -0.05) is 0 Å². The van der Waals surface area contributed by atoms with E-state index in [0.717, 1.165) is 6.42 Å². The Balaban J connectivity index is 2.69. The maximum atomic E-state index is 8.93. The molecule has 0 aliphatic rings. The molecule has 0 saturated heterocycles. The molecule has 0 aliphatic heterocycles. The zero-order valence-corrected chi connectivity index (χ0v) is 8.17. The van der Waals surface area contributed by atoms with E-state index < -0.39 is 0 Å². The van der Waals surface area contributed by atoms with E-state index in [9.17, 15) is 0 Å². The predicted molar refractivity (Wildman–Crippen MR) is 45.2 cm³/mol. The first-order valence-corrected chi connectivity index (χ1v) is 5.02. The van der Waals surface area contributed by atoms with E-state index in [0.29, 0.717) is 5.75 Å². The first kappa shape index (κ1) is 7.68. The molecule has 1 aromatic rings. The fourth-order valence-electron chi connectivity index (χ4n) is 0.829. The van der Waals surface area contributed by atoms with Crippen LogP contribution in [0.3, 0.4) is 0 Å². The van der Waals surface area contributed by atoms with Crippen molar-refractivity contribution in [1.29, 1.82) is 0 Å². The third-order valence-corrected chi connectivity index (χ3v) is 1.98. The normalized spacial score (nSPS) is 9.70. The van der Waals surface area contributed by atoms with Crippen molar-refractivity contribution in [3.63, 3.8) is 0 Å². The standard InChI is InChI=1S/C8H11AsO/c9-6-5-7-1-3-8(10)4-2-7/h1-4,10H,5-6,9H2. The zero-order chi connectivity index (χ0) is 7.40. The first-order chi connectivity index (χ1) is 4.83. The molecule has 0 heterocycles. The Kier molecular flexibility index (Phi) is 2.82. The molecule has 1 unspecified atom stereocenters. The summed E-state index contributed by atoms with van der Waals surface area (Å²) in [5.41, 5.74) is 1.31. The second-order valence-electron chi connectivity index (χ2n) is 2.21. The molecule has 54 valence electrons. The monoisotopic (exact) mass is 198 g/mol. The fraction of sp³-hybridized carbons (Fsp3) is 0.250. The van der Waals surface area contributed by atoms with Gasteiger partial charge in [0.05, 0.1) is 0 Å². The van der Waals surface area contributed by atoms with Gasteiger partial charge in [0.25, 0.3) is 0 Å². The van der Waals surface area contributed by atoms with Crippen LogP contribution in [0.1, 0.15) is 5.56 Å². The van der Waals surface area contributed by atoms with E-state index in [4.69, 9.17) is 5.11 Å². The van der Waals surface area contributed by atoms with Crippen molar-refractivity contribution in [2.75, 3.05) is 0 Å². The van der Waals surface area contributed by atoms with Crippen molar-refractivity contribution in [3.8, 4) is 5.75 Å². The molecule has 1 rings (SSSR count). The number of phenols is 1. The molecule has 0 fully saturated rings. The van der Waals surface area contributed by atoms with Crippen molar-refractivity contribution in [1.82, 2.24) is 0 Å². The molecule has 0 amide bonds. The van der Waals surface area contributed by atoms with Crippen LogP contribution in [0.25, 0.3) is 0 Å². The molecule has 2 heteroatoms. The molecule has 0 spiro atoms. The molecule has 0 radical (unpaired) electrons. The quantitative estimate of drug-likeness (QED) is 0.702. The van der Waals surface area contributed by atoms with Gasteiger partial charge < -0.3 is 0 Å². The van der Waals surface area contributed by atoms with Crippen LogP contribution in [0.5, 0.6) is 5.75 Å². The summed E-state index contributed by atoms with van der Waals surface area (Å²) >= 11 is 1.75. The minimum atomic E-state index is 0.352. The Morgan fingerprint density at radius 2 is 1.80 bits per heavy atom. The number of aryl methyl sites for hydroxylation is 1. The predicted octanol–water partition coefficient (Wildman–Crippen LogP) is 0.986. The van der Waals surface area contributed by atoms with Crippen molar-refractivity contribution >= 4 is 16.9 Å². The number of benzene rings is 1. The van der Waals surface area contributed by atoms with Gasteiger partial charge in [0.2, 0.25) is 0 Å². The molecule has 1 nitrogen and oxygen atoms in total. The summed E-state index contributed by atoms with van der Waals surface area (Å²) in [6.45, 7) is 0. The Hall–Kier alpha value is -0.422. The molecule has 1 atom stereocenters. The van der Waals surface area contributed by atoms with Gasteiger partial charge in [0.15, 0.2) is 0 Å². The molecule has 10 heavy (non-hydrogen) atoms. The van der Waals surface area contributed by atoms with Crippen molar-refractivity contribution in [2.24, 2.45) is 0 Å². The molecule has 0 aromatic heterocycles. The van der Waals surface area contributed by atoms with Gasteiger partial charge in [-0.05, 0) is 0 Å². The first-order valence-electron chi connectivity index (χ1n) is 3.31. The van der Waals surface area contributed by atoms with E-state index in [1.54, 1.807) is 29.0 Å². The Bertz CT molecular complexity index is 193. The zero-order valence-electron chi connectivity index (χ0n) is 5.75. The van der Waals surface area contributed by atoms with E-state index in [2.05, 4.69) is 0 Å². The molecule has 1 N–H and O–H groups in total. The van der Waals surface area contributed by atoms with Crippen LogP contribution in [0.15, 0.2) is 24.3 Å². The van der Waals surface area contributed by atoms with E-state index in [1.165, 1.54) is 10.8 Å². The molecule has 0 saturated carbocycles. The van der Waals surface area contributed by atoms with Gasteiger partial charge >= 0.3 is 69.2 Å². The van der Waals surface area contributed by atoms with Crippen LogP contribution in [-0.2, 0) is 6.42 Å². The summed E-state index contributed by atoms with van der Waals surface area (Å²) in [7, 11) is 0. The molecule has 1 aromatic carbocycles. The van der Waals surface area contributed by atoms with Crippen LogP contribution in [0.4, 0.5) is 0 Å². The average molecular weight is 198 g/mol. The van der Waals surface area contributed by atoms with Crippen LogP contribution >= 0.6 is 0 Å². The number of hydrogen-bond acceptors (Lipinski definition) is 1. The number of phenolic OH excluding ortho intramolecular Hbond substituents is 1. The third kappa shape index (κ3) is 2.07. The summed E-state index contributed by atoms with van der Waals surface area (Å²) in [5, 5.41) is 10.1. The number of hydrogen-bond donors (Lipinski definition) is 1. The summed E-state index contributed by atoms with van der Waals surface area (Å²) in [6, 6.07) is 7.40. The van der Waals surface area contributed by atoms with Crippen LogP contribution < -0.4 is 0 Å². The summed E-state index contributed by atoms with van der Waals surface area (Å²) in [6.07, 6.45) is 1.13. The Morgan fingerprint density at radius 1 is 1.20 bits per heavy atom. The van der Waals surface area contributed by atoms with Gasteiger partial charge in [-0.15, -0.1) is 0 Å². The average Bonchev–Trinajstić information content (AvgIpc) is 1.95. The van der Waals surface area contributed by atoms with Gasteiger partial charge in [0.1, 0.15) is 0 Å². The van der Waals surface area contributed by atoms with Gasteiger partial charge in [-0.2, -0.15) is 0 Å². The Morgan fingerprint density at radius 3 is 2.30 bits per heavy atom. The van der Waals surface area contributed by atoms with Crippen molar-refractivity contribution < 1.29 is 5.11 Å². The van der Waals surface area contributed by atoms with Crippen molar-refractivity contribution in [3.05, 3.63) is 29.8 Å². The Labute approximate surface area is 69.6 Å². The maximum absolute atomic E-state index is 8.93. The molecule has 0 aliphatic carbocycles.